The lowest BCUT2D eigenvalue weighted by Gasteiger charge is -2.14. The van der Waals surface area contributed by atoms with Crippen molar-refractivity contribution in [3.63, 3.8) is 0 Å². The third kappa shape index (κ3) is 2.77. The molecule has 0 bridgehead atoms. The van der Waals surface area contributed by atoms with Crippen LogP contribution in [0.5, 0.6) is 0 Å². The van der Waals surface area contributed by atoms with Crippen molar-refractivity contribution in [2.45, 2.75) is 13.8 Å². The van der Waals surface area contributed by atoms with E-state index >= 15 is 0 Å². The van der Waals surface area contributed by atoms with Crippen LogP contribution in [-0.4, -0.2) is 18.8 Å². The van der Waals surface area contributed by atoms with Gasteiger partial charge in [-0.3, -0.25) is 15.6 Å². The lowest BCUT2D eigenvalue weighted by molar-refractivity contribution is -0.122. The van der Waals surface area contributed by atoms with Crippen molar-refractivity contribution in [1.29, 1.82) is 0 Å². The van der Waals surface area contributed by atoms with Crippen LogP contribution < -0.4 is 10.9 Å². The molecule has 0 aliphatic carbocycles. The lowest BCUT2D eigenvalue weighted by Crippen LogP contribution is -2.41. The monoisotopic (exact) mass is 257 g/mol. The Morgan fingerprint density at radius 2 is 2.21 bits per heavy atom. The average molecular weight is 258 g/mol. The summed E-state index contributed by atoms with van der Waals surface area (Å²) in [6.45, 7) is 2.86. The fraction of sp³-hybridized carbons (Fsp3) is 0.400. The van der Waals surface area contributed by atoms with Gasteiger partial charge < -0.3 is 0 Å². The first-order valence-corrected chi connectivity index (χ1v) is 6.56. The van der Waals surface area contributed by atoms with E-state index in [0.717, 1.165) is 11.9 Å². The molecule has 1 aliphatic rings. The largest absolute Gasteiger partial charge is 0.294 e. The molecule has 2 N–H and O–H groups in total. The van der Waals surface area contributed by atoms with Crippen LogP contribution in [0.1, 0.15) is 13.8 Å². The van der Waals surface area contributed by atoms with Crippen molar-refractivity contribution >= 4 is 37.6 Å². The summed E-state index contributed by atoms with van der Waals surface area (Å²) >= 11 is 0.804. The quantitative estimate of drug-likeness (QED) is 0.546. The molecule has 0 radical (unpaired) electrons. The van der Waals surface area contributed by atoms with E-state index in [-0.39, 0.29) is 10.1 Å². The van der Waals surface area contributed by atoms with Crippen LogP contribution in [0.3, 0.4) is 0 Å². The fourth-order valence-electron chi connectivity index (χ4n) is 0.793. The van der Waals surface area contributed by atoms with Gasteiger partial charge in [0.05, 0.1) is 5.70 Å². The first kappa shape index (κ1) is 11.6. The number of hydrazine groups is 2. The molecule has 9 heteroatoms. The molecule has 0 aromatic carbocycles. The summed E-state index contributed by atoms with van der Waals surface area (Å²) in [6, 6.07) is 0. The minimum atomic E-state index is -3.76. The van der Waals surface area contributed by atoms with Gasteiger partial charge >= 0.3 is 0 Å². The minimum Gasteiger partial charge on any atom is -0.294 e. The number of halogens is 1. The molecule has 0 fully saturated rings. The van der Waals surface area contributed by atoms with Crippen molar-refractivity contribution in [3.8, 4) is 0 Å². The second-order valence-corrected chi connectivity index (χ2v) is 6.23. The van der Waals surface area contributed by atoms with Gasteiger partial charge in [0.1, 0.15) is 0 Å². The summed E-state index contributed by atoms with van der Waals surface area (Å²) in [5, 5.41) is 0. The molecular weight excluding hydrogens is 250 g/mol. The van der Waals surface area contributed by atoms with Crippen LogP contribution in [0.2, 0.25) is 0 Å². The van der Waals surface area contributed by atoms with Gasteiger partial charge in [-0.15, -0.1) is 0 Å². The molecule has 0 saturated carbocycles. The van der Waals surface area contributed by atoms with Crippen molar-refractivity contribution in [2.75, 3.05) is 0 Å². The number of allylic oxidation sites excluding steroid dienone is 1. The molecule has 1 amide bonds. The van der Waals surface area contributed by atoms with Crippen molar-refractivity contribution in [3.05, 3.63) is 9.93 Å². The molecule has 1 heterocycles. The maximum absolute atomic E-state index is 11.0. The zero-order chi connectivity index (χ0) is 10.9. The Bertz CT molecular complexity index is 391. The smallest absolute Gasteiger partial charge is 0.270 e. The molecule has 0 aromatic rings. The predicted molar refractivity (Wildman–Crippen MR) is 53.9 cm³/mol. The van der Waals surface area contributed by atoms with Gasteiger partial charge in [0.25, 0.3) is 9.05 Å². The molecule has 0 atom stereocenters. The summed E-state index contributed by atoms with van der Waals surface area (Å²) in [7, 11) is 1.39. The van der Waals surface area contributed by atoms with Gasteiger partial charge in [-0.25, -0.2) is 8.42 Å². The van der Waals surface area contributed by atoms with E-state index in [1.54, 1.807) is 6.92 Å². The number of amides is 1. The standard InChI is InChI=1S/C5H8ClN3O3S2/c1-3-5(14(6,11)12)13-9(7-3)8-4(2)10/h7H,1-2H3,(H,8,10). The molecule has 0 spiro atoms. The number of nitrogens with one attached hydrogen (secondary N) is 2. The maximum Gasteiger partial charge on any atom is 0.270 e. The van der Waals surface area contributed by atoms with E-state index in [0.29, 0.717) is 5.70 Å². The molecule has 1 rings (SSSR count). The Morgan fingerprint density at radius 3 is 2.57 bits per heavy atom. The van der Waals surface area contributed by atoms with Crippen molar-refractivity contribution < 1.29 is 13.2 Å². The molecule has 1 aliphatic heterocycles. The summed E-state index contributed by atoms with van der Waals surface area (Å²) in [5.74, 6) is -0.314. The molecule has 80 valence electrons. The number of hydrogen-bond donors (Lipinski definition) is 2. The number of carbonyl (C=O) groups excluding carboxylic acids is 1. The Hall–Kier alpha value is -0.440. The van der Waals surface area contributed by atoms with E-state index < -0.39 is 9.05 Å². The summed E-state index contributed by atoms with van der Waals surface area (Å²) in [4.78, 5) is 10.7. The zero-order valence-electron chi connectivity index (χ0n) is 7.37. The van der Waals surface area contributed by atoms with E-state index in [2.05, 4.69) is 10.9 Å². The Balaban J connectivity index is 2.75. The zero-order valence-corrected chi connectivity index (χ0v) is 9.76. The third-order valence-corrected chi connectivity index (χ3v) is 4.44. The molecular formula is C5H8ClN3O3S2. The predicted octanol–water partition coefficient (Wildman–Crippen LogP) is 0.263. The van der Waals surface area contributed by atoms with Gasteiger partial charge in [-0.1, -0.05) is 4.52 Å². The number of nitrogens with zero attached hydrogens (tertiary/aromatic N) is 1. The number of carbonyl (C=O) groups is 1. The Labute approximate surface area is 90.2 Å². The summed E-state index contributed by atoms with van der Waals surface area (Å²) < 4.78 is 23.1. The van der Waals surface area contributed by atoms with Gasteiger partial charge in [0.15, 0.2) is 4.24 Å². The molecule has 0 unspecified atom stereocenters. The van der Waals surface area contributed by atoms with Crippen molar-refractivity contribution in [2.24, 2.45) is 0 Å². The van der Waals surface area contributed by atoms with E-state index in [4.69, 9.17) is 10.7 Å². The van der Waals surface area contributed by atoms with E-state index in [1.807, 2.05) is 0 Å². The van der Waals surface area contributed by atoms with Gasteiger partial charge in [0.2, 0.25) is 5.91 Å². The molecule has 0 saturated heterocycles. The van der Waals surface area contributed by atoms with E-state index in [1.165, 1.54) is 11.4 Å². The summed E-state index contributed by atoms with van der Waals surface area (Å²) in [6.07, 6.45) is 0. The van der Waals surface area contributed by atoms with Crippen LogP contribution in [0.25, 0.3) is 0 Å². The topological polar surface area (TPSA) is 78.5 Å². The highest BCUT2D eigenvalue weighted by Gasteiger charge is 2.29. The molecule has 0 aromatic heterocycles. The van der Waals surface area contributed by atoms with Crippen LogP contribution in [0.4, 0.5) is 0 Å². The van der Waals surface area contributed by atoms with E-state index in [9.17, 15) is 13.2 Å². The summed E-state index contributed by atoms with van der Waals surface area (Å²) in [5.41, 5.74) is 5.35. The van der Waals surface area contributed by atoms with Crippen LogP contribution >= 0.6 is 22.6 Å². The number of hydrogen-bond acceptors (Lipinski definition) is 6. The second kappa shape index (κ2) is 3.97. The van der Waals surface area contributed by atoms with Gasteiger partial charge in [-0.05, 0) is 6.92 Å². The number of rotatable bonds is 2. The van der Waals surface area contributed by atoms with Gasteiger partial charge in [-0.2, -0.15) is 0 Å². The fourth-order valence-corrected chi connectivity index (χ4v) is 3.09. The van der Waals surface area contributed by atoms with Crippen LogP contribution in [0, 0.1) is 0 Å². The SMILES string of the molecule is CC(=O)NN1NC(C)=C(S(=O)(=O)Cl)S1. The molecule has 6 nitrogen and oxygen atoms in total. The highest BCUT2D eigenvalue weighted by molar-refractivity contribution is 8.28. The Kier molecular flexibility index (Phi) is 3.30. The first-order valence-electron chi connectivity index (χ1n) is 3.48. The van der Waals surface area contributed by atoms with Crippen molar-refractivity contribution in [1.82, 2.24) is 15.4 Å². The Morgan fingerprint density at radius 1 is 1.64 bits per heavy atom. The minimum absolute atomic E-state index is 0.0204. The maximum atomic E-state index is 11.0. The lowest BCUT2D eigenvalue weighted by atomic mass is 10.6. The first-order chi connectivity index (χ1) is 6.30. The van der Waals surface area contributed by atoms with Crippen LogP contribution in [-0.2, 0) is 13.8 Å². The normalized spacial score (nSPS) is 18.2. The second-order valence-electron chi connectivity index (χ2n) is 2.52. The third-order valence-electron chi connectivity index (χ3n) is 1.23. The van der Waals surface area contributed by atoms with Crippen LogP contribution in [0.15, 0.2) is 9.93 Å². The average Bonchev–Trinajstić information content (AvgIpc) is 2.27. The highest BCUT2D eigenvalue weighted by Crippen LogP contribution is 2.33. The molecule has 14 heavy (non-hydrogen) atoms. The van der Waals surface area contributed by atoms with Gasteiger partial charge in [0, 0.05) is 29.6 Å². The highest BCUT2D eigenvalue weighted by atomic mass is 35.7.